The molecule has 0 bridgehead atoms. The van der Waals surface area contributed by atoms with Gasteiger partial charge in [0.25, 0.3) is 0 Å². The van der Waals surface area contributed by atoms with Crippen molar-refractivity contribution >= 4 is 5.69 Å². The molecule has 0 amide bonds. The molecule has 19 heavy (non-hydrogen) atoms. The maximum absolute atomic E-state index is 5.90. The smallest absolute Gasteiger partial charge is 0.0316 e. The minimum atomic E-state index is 0.916. The van der Waals surface area contributed by atoms with Crippen molar-refractivity contribution in [2.75, 3.05) is 25.4 Å². The van der Waals surface area contributed by atoms with Crippen molar-refractivity contribution in [1.29, 1.82) is 0 Å². The van der Waals surface area contributed by atoms with Crippen LogP contribution < -0.4 is 5.73 Å². The van der Waals surface area contributed by atoms with Crippen LogP contribution in [0, 0.1) is 5.92 Å². The molecule has 104 valence electrons. The highest BCUT2D eigenvalue weighted by Gasteiger charge is 2.19. The molecule has 1 aliphatic carbocycles. The fourth-order valence-corrected chi connectivity index (χ4v) is 3.71. The van der Waals surface area contributed by atoms with Gasteiger partial charge in [-0.05, 0) is 54.9 Å². The summed E-state index contributed by atoms with van der Waals surface area (Å²) >= 11 is 0. The van der Waals surface area contributed by atoms with Gasteiger partial charge in [0.1, 0.15) is 0 Å². The number of rotatable bonds is 2. The largest absolute Gasteiger partial charge is 0.399 e. The first-order valence-corrected chi connectivity index (χ1v) is 7.91. The maximum atomic E-state index is 5.90. The van der Waals surface area contributed by atoms with Crippen LogP contribution in [0.2, 0.25) is 0 Å². The first-order chi connectivity index (χ1) is 9.31. The summed E-state index contributed by atoms with van der Waals surface area (Å²) in [5.41, 5.74) is 9.81. The number of fused-ring (bicyclic) bond motifs is 1. The van der Waals surface area contributed by atoms with Crippen molar-refractivity contribution in [1.82, 2.24) is 4.90 Å². The van der Waals surface area contributed by atoms with E-state index in [2.05, 4.69) is 23.1 Å². The minimum Gasteiger partial charge on any atom is -0.399 e. The molecule has 0 atom stereocenters. The molecule has 0 aromatic heterocycles. The third kappa shape index (κ3) is 3.30. The lowest BCUT2D eigenvalue weighted by Gasteiger charge is -2.28. The summed E-state index contributed by atoms with van der Waals surface area (Å²) in [6.07, 6.45) is 9.65. The average molecular weight is 258 g/mol. The molecule has 2 nitrogen and oxygen atoms in total. The average Bonchev–Trinajstić information content (AvgIpc) is 2.63. The van der Waals surface area contributed by atoms with Crippen LogP contribution in [0.3, 0.4) is 0 Å². The maximum Gasteiger partial charge on any atom is 0.0316 e. The Balaban J connectivity index is 1.59. The third-order valence-corrected chi connectivity index (χ3v) is 4.87. The van der Waals surface area contributed by atoms with E-state index in [0.717, 1.165) is 11.6 Å². The number of nitrogens with zero attached hydrogens (tertiary/aromatic N) is 1. The molecule has 1 saturated carbocycles. The summed E-state index contributed by atoms with van der Waals surface area (Å²) in [6, 6.07) is 6.46. The summed E-state index contributed by atoms with van der Waals surface area (Å²) in [4.78, 5) is 2.69. The fourth-order valence-electron chi connectivity index (χ4n) is 3.71. The SMILES string of the molecule is Nc1ccc2c(c1)CCN(CC1CCCCC1)CC2. The van der Waals surface area contributed by atoms with E-state index in [1.807, 2.05) is 0 Å². The molecule has 1 aliphatic heterocycles. The Morgan fingerprint density at radius 2 is 1.74 bits per heavy atom. The predicted octanol–water partition coefficient (Wildman–Crippen LogP) is 3.25. The van der Waals surface area contributed by atoms with Gasteiger partial charge in [-0.3, -0.25) is 0 Å². The van der Waals surface area contributed by atoms with Gasteiger partial charge < -0.3 is 10.6 Å². The topological polar surface area (TPSA) is 29.3 Å². The minimum absolute atomic E-state index is 0.916. The molecule has 1 aromatic carbocycles. The Kier molecular flexibility index (Phi) is 4.07. The molecule has 0 saturated heterocycles. The van der Waals surface area contributed by atoms with E-state index in [1.54, 1.807) is 0 Å². The molecule has 0 radical (unpaired) electrons. The Labute approximate surface area is 117 Å². The van der Waals surface area contributed by atoms with E-state index in [0.29, 0.717) is 0 Å². The highest BCUT2D eigenvalue weighted by Crippen LogP contribution is 2.26. The number of hydrogen-bond donors (Lipinski definition) is 1. The number of nitrogen functional groups attached to an aromatic ring is 1. The van der Waals surface area contributed by atoms with Crippen LogP contribution >= 0.6 is 0 Å². The zero-order valence-electron chi connectivity index (χ0n) is 11.9. The Hall–Kier alpha value is -1.02. The summed E-state index contributed by atoms with van der Waals surface area (Å²) < 4.78 is 0. The van der Waals surface area contributed by atoms with Gasteiger partial charge in [0, 0.05) is 25.3 Å². The van der Waals surface area contributed by atoms with Crippen LogP contribution in [0.4, 0.5) is 5.69 Å². The van der Waals surface area contributed by atoms with Crippen LogP contribution in [0.1, 0.15) is 43.2 Å². The van der Waals surface area contributed by atoms with Gasteiger partial charge in [0.15, 0.2) is 0 Å². The lowest BCUT2D eigenvalue weighted by Crippen LogP contribution is -2.32. The van der Waals surface area contributed by atoms with Gasteiger partial charge in [0.05, 0.1) is 0 Å². The molecule has 1 fully saturated rings. The quantitative estimate of drug-likeness (QED) is 0.825. The second-order valence-electron chi connectivity index (χ2n) is 6.33. The standard InChI is InChI=1S/C17H26N2/c18-17-7-6-15-8-10-19(11-9-16(15)12-17)13-14-4-2-1-3-5-14/h6-7,12,14H,1-5,8-11,13,18H2. The van der Waals surface area contributed by atoms with Crippen LogP contribution in [0.15, 0.2) is 18.2 Å². The van der Waals surface area contributed by atoms with Gasteiger partial charge in [-0.2, -0.15) is 0 Å². The lowest BCUT2D eigenvalue weighted by molar-refractivity contribution is 0.207. The monoisotopic (exact) mass is 258 g/mol. The molecule has 1 heterocycles. The molecule has 3 rings (SSSR count). The van der Waals surface area contributed by atoms with Crippen molar-refractivity contribution in [3.63, 3.8) is 0 Å². The molecular weight excluding hydrogens is 232 g/mol. The molecule has 0 unspecified atom stereocenters. The van der Waals surface area contributed by atoms with Gasteiger partial charge in [-0.1, -0.05) is 25.3 Å². The summed E-state index contributed by atoms with van der Waals surface area (Å²) in [6.45, 7) is 3.77. The summed E-state index contributed by atoms with van der Waals surface area (Å²) in [7, 11) is 0. The number of hydrogen-bond acceptors (Lipinski definition) is 2. The van der Waals surface area contributed by atoms with E-state index >= 15 is 0 Å². The van der Waals surface area contributed by atoms with Gasteiger partial charge >= 0.3 is 0 Å². The Bertz CT molecular complexity index is 421. The van der Waals surface area contributed by atoms with Gasteiger partial charge in [0.2, 0.25) is 0 Å². The first kappa shape index (κ1) is 13.0. The fraction of sp³-hybridized carbons (Fsp3) is 0.647. The van der Waals surface area contributed by atoms with Crippen molar-refractivity contribution in [3.8, 4) is 0 Å². The molecule has 2 N–H and O–H groups in total. The predicted molar refractivity (Wildman–Crippen MR) is 81.3 cm³/mol. The van der Waals surface area contributed by atoms with Crippen molar-refractivity contribution in [2.24, 2.45) is 5.92 Å². The number of benzene rings is 1. The normalized spacial score (nSPS) is 21.9. The van der Waals surface area contributed by atoms with Crippen LogP contribution in [-0.4, -0.2) is 24.5 Å². The first-order valence-electron chi connectivity index (χ1n) is 7.91. The molecule has 2 aliphatic rings. The van der Waals surface area contributed by atoms with E-state index < -0.39 is 0 Å². The van der Waals surface area contributed by atoms with E-state index in [-0.39, 0.29) is 0 Å². The molecular formula is C17H26N2. The van der Waals surface area contributed by atoms with Crippen LogP contribution in [0.5, 0.6) is 0 Å². The molecule has 2 heteroatoms. The summed E-state index contributed by atoms with van der Waals surface area (Å²) in [5, 5.41) is 0. The van der Waals surface area contributed by atoms with E-state index in [4.69, 9.17) is 5.73 Å². The van der Waals surface area contributed by atoms with Crippen LogP contribution in [-0.2, 0) is 12.8 Å². The third-order valence-electron chi connectivity index (χ3n) is 4.87. The zero-order valence-corrected chi connectivity index (χ0v) is 11.9. The van der Waals surface area contributed by atoms with E-state index in [9.17, 15) is 0 Å². The lowest BCUT2D eigenvalue weighted by atomic mass is 9.89. The van der Waals surface area contributed by atoms with Crippen LogP contribution in [0.25, 0.3) is 0 Å². The van der Waals surface area contributed by atoms with Crippen molar-refractivity contribution in [3.05, 3.63) is 29.3 Å². The van der Waals surface area contributed by atoms with Gasteiger partial charge in [-0.25, -0.2) is 0 Å². The molecule has 1 aromatic rings. The Morgan fingerprint density at radius 1 is 1.00 bits per heavy atom. The second-order valence-corrected chi connectivity index (χ2v) is 6.33. The zero-order chi connectivity index (χ0) is 13.1. The highest BCUT2D eigenvalue weighted by molar-refractivity contribution is 5.45. The highest BCUT2D eigenvalue weighted by atomic mass is 15.1. The second kappa shape index (κ2) is 5.96. The van der Waals surface area contributed by atoms with Crippen molar-refractivity contribution < 1.29 is 0 Å². The Morgan fingerprint density at radius 3 is 2.53 bits per heavy atom. The summed E-state index contributed by atoms with van der Waals surface area (Å²) in [5.74, 6) is 0.958. The van der Waals surface area contributed by atoms with E-state index in [1.165, 1.54) is 75.7 Å². The number of nitrogens with two attached hydrogens (primary N) is 1. The molecule has 0 spiro atoms. The van der Waals surface area contributed by atoms with Crippen molar-refractivity contribution in [2.45, 2.75) is 44.9 Å². The van der Waals surface area contributed by atoms with Gasteiger partial charge in [-0.15, -0.1) is 0 Å². The number of anilines is 1.